The van der Waals surface area contributed by atoms with Gasteiger partial charge in [0.2, 0.25) is 0 Å². The second kappa shape index (κ2) is 9.42. The highest BCUT2D eigenvalue weighted by molar-refractivity contribution is 6.78. The van der Waals surface area contributed by atoms with Crippen LogP contribution in [0, 0.1) is 6.07 Å². The summed E-state index contributed by atoms with van der Waals surface area (Å²) in [6.07, 6.45) is 0. The molecular weight excluding hydrogens is 352 g/mol. The van der Waals surface area contributed by atoms with Crippen LogP contribution in [-0.2, 0) is 4.74 Å². The summed E-state index contributed by atoms with van der Waals surface area (Å²) in [5.41, 5.74) is 3.81. The van der Waals surface area contributed by atoms with Gasteiger partial charge in [-0.2, -0.15) is 0 Å². The van der Waals surface area contributed by atoms with Crippen LogP contribution in [0.2, 0.25) is 16.6 Å². The third-order valence-corrected chi connectivity index (χ3v) is 11.3. The quantitative estimate of drug-likeness (QED) is 0.355. The first-order chi connectivity index (χ1) is 12.8. The van der Waals surface area contributed by atoms with Gasteiger partial charge in [-0.25, -0.2) is 0 Å². The first-order valence-electron chi connectivity index (χ1n) is 9.74. The van der Waals surface area contributed by atoms with E-state index in [-0.39, 0.29) is 6.79 Å². The maximum Gasteiger partial charge on any atom is 0.258 e. The molecule has 0 bridgehead atoms. The monoisotopic (exact) mass is 385 g/mol. The highest BCUT2D eigenvalue weighted by Crippen LogP contribution is 2.42. The van der Waals surface area contributed by atoms with Crippen LogP contribution >= 0.6 is 0 Å². The maximum atomic E-state index is 6.71. The third kappa shape index (κ3) is 4.93. The van der Waals surface area contributed by atoms with Gasteiger partial charge in [-0.15, -0.1) is 0 Å². The van der Waals surface area contributed by atoms with E-state index >= 15 is 0 Å². The van der Waals surface area contributed by atoms with Crippen molar-refractivity contribution in [3.8, 4) is 22.6 Å². The maximum absolute atomic E-state index is 6.71. The molecule has 0 aliphatic rings. The largest absolute Gasteiger partial charge is 0.543 e. The zero-order valence-corrected chi connectivity index (χ0v) is 18.7. The average molecular weight is 386 g/mol. The standard InChI is InChI=1S/C23H33O3Si/c1-17(2)27(18(3)4,19(5)6)26-23-14-10-21(11-15-23)20-8-12-22(13-9-20)25-16-24-7/h8-10,12-15,17-19H,16H2,1-7H3. The van der Waals surface area contributed by atoms with Crippen LogP contribution in [0.25, 0.3) is 11.1 Å². The minimum absolute atomic E-state index is 0.255. The molecule has 0 N–H and O–H groups in total. The molecule has 4 heteroatoms. The third-order valence-electron chi connectivity index (χ3n) is 5.29. The number of methoxy groups -OCH3 is 1. The highest BCUT2D eigenvalue weighted by atomic mass is 28.4. The Morgan fingerprint density at radius 1 is 0.815 bits per heavy atom. The average Bonchev–Trinajstić information content (AvgIpc) is 2.64. The van der Waals surface area contributed by atoms with Crippen molar-refractivity contribution in [2.45, 2.75) is 58.2 Å². The predicted octanol–water partition coefficient (Wildman–Crippen LogP) is 6.69. The SMILES string of the molecule is COCOc1ccc(-c2[c]cc(O[Si](C(C)C)(C(C)C)C(C)C)cc2)cc1. The molecule has 0 aliphatic carbocycles. The van der Waals surface area contributed by atoms with Gasteiger partial charge < -0.3 is 13.9 Å². The lowest BCUT2D eigenvalue weighted by atomic mass is 10.1. The van der Waals surface area contributed by atoms with E-state index in [1.165, 1.54) is 0 Å². The number of rotatable bonds is 9. The molecule has 2 rings (SSSR count). The fourth-order valence-corrected chi connectivity index (χ4v) is 9.31. The molecule has 0 aliphatic heterocycles. The molecule has 27 heavy (non-hydrogen) atoms. The Bertz CT molecular complexity index is 669. The molecule has 0 spiro atoms. The van der Waals surface area contributed by atoms with Crippen LogP contribution in [-0.4, -0.2) is 22.2 Å². The van der Waals surface area contributed by atoms with Crippen molar-refractivity contribution < 1.29 is 13.9 Å². The zero-order valence-electron chi connectivity index (χ0n) is 17.7. The molecule has 0 unspecified atom stereocenters. The van der Waals surface area contributed by atoms with Gasteiger partial charge in [0.15, 0.2) is 6.79 Å². The smallest absolute Gasteiger partial charge is 0.258 e. The summed E-state index contributed by atoms with van der Waals surface area (Å²) in [6.45, 7) is 14.1. The normalized spacial score (nSPS) is 12.1. The van der Waals surface area contributed by atoms with Gasteiger partial charge in [0, 0.05) is 7.11 Å². The highest BCUT2D eigenvalue weighted by Gasteiger charge is 2.46. The first kappa shape index (κ1) is 21.5. The Kier molecular flexibility index (Phi) is 7.51. The molecule has 0 heterocycles. The second-order valence-electron chi connectivity index (χ2n) is 7.93. The van der Waals surface area contributed by atoms with Gasteiger partial charge in [-0.05, 0) is 58.1 Å². The van der Waals surface area contributed by atoms with Crippen molar-refractivity contribution in [3.63, 3.8) is 0 Å². The molecule has 0 amide bonds. The van der Waals surface area contributed by atoms with Crippen molar-refractivity contribution >= 4 is 8.32 Å². The van der Waals surface area contributed by atoms with E-state index in [2.05, 4.69) is 59.7 Å². The summed E-state index contributed by atoms with van der Waals surface area (Å²) in [4.78, 5) is 0. The Morgan fingerprint density at radius 2 is 1.37 bits per heavy atom. The van der Waals surface area contributed by atoms with Crippen molar-refractivity contribution in [3.05, 3.63) is 48.5 Å². The lowest BCUT2D eigenvalue weighted by Crippen LogP contribution is -2.50. The van der Waals surface area contributed by atoms with Gasteiger partial charge in [-0.1, -0.05) is 59.7 Å². The van der Waals surface area contributed by atoms with Gasteiger partial charge >= 0.3 is 0 Å². The minimum atomic E-state index is -1.93. The molecule has 1 radical (unpaired) electrons. The molecule has 0 atom stereocenters. The van der Waals surface area contributed by atoms with Crippen LogP contribution in [0.15, 0.2) is 42.5 Å². The molecule has 147 valence electrons. The van der Waals surface area contributed by atoms with Crippen LogP contribution in [0.4, 0.5) is 0 Å². The summed E-state index contributed by atoms with van der Waals surface area (Å²) in [7, 11) is -0.320. The van der Waals surface area contributed by atoms with Crippen molar-refractivity contribution in [2.75, 3.05) is 13.9 Å². The summed E-state index contributed by atoms with van der Waals surface area (Å²) in [5.74, 6) is 1.73. The number of hydrogen-bond acceptors (Lipinski definition) is 3. The van der Waals surface area contributed by atoms with Gasteiger partial charge in [0.25, 0.3) is 8.32 Å². The zero-order chi connectivity index (χ0) is 20.0. The molecule has 0 aromatic heterocycles. The fourth-order valence-electron chi connectivity index (χ4n) is 4.07. The summed E-state index contributed by atoms with van der Waals surface area (Å²) in [6, 6.07) is 17.5. The molecule has 0 fully saturated rings. The van der Waals surface area contributed by atoms with Crippen molar-refractivity contribution in [1.29, 1.82) is 0 Å². The summed E-state index contributed by atoms with van der Waals surface area (Å²) >= 11 is 0. The van der Waals surface area contributed by atoms with Gasteiger partial charge in [-0.3, -0.25) is 0 Å². The summed E-state index contributed by atoms with van der Waals surface area (Å²) in [5, 5.41) is 0. The first-order valence-corrected chi connectivity index (χ1v) is 11.9. The van der Waals surface area contributed by atoms with Gasteiger partial charge in [0.1, 0.15) is 11.5 Å². The minimum Gasteiger partial charge on any atom is -0.543 e. The molecule has 2 aromatic rings. The van der Waals surface area contributed by atoms with Crippen LogP contribution in [0.5, 0.6) is 11.5 Å². The Labute approximate surface area is 165 Å². The van der Waals surface area contributed by atoms with E-state index in [4.69, 9.17) is 13.9 Å². The number of ether oxygens (including phenoxy) is 2. The van der Waals surface area contributed by atoms with Gasteiger partial charge in [0.05, 0.1) is 0 Å². The Morgan fingerprint density at radius 3 is 1.81 bits per heavy atom. The van der Waals surface area contributed by atoms with E-state index in [9.17, 15) is 0 Å². The fraction of sp³-hybridized carbons (Fsp3) is 0.478. The van der Waals surface area contributed by atoms with Crippen LogP contribution in [0.3, 0.4) is 0 Å². The topological polar surface area (TPSA) is 27.7 Å². The van der Waals surface area contributed by atoms with E-state index in [0.717, 1.165) is 22.6 Å². The number of hydrogen-bond donors (Lipinski definition) is 0. The van der Waals surface area contributed by atoms with Crippen LogP contribution in [0.1, 0.15) is 41.5 Å². The predicted molar refractivity (Wildman–Crippen MR) is 115 cm³/mol. The Balaban J connectivity index is 2.19. The van der Waals surface area contributed by atoms with Crippen molar-refractivity contribution in [2.24, 2.45) is 0 Å². The number of benzene rings is 2. The molecule has 2 aromatic carbocycles. The van der Waals surface area contributed by atoms with E-state index in [1.807, 2.05) is 30.3 Å². The van der Waals surface area contributed by atoms with E-state index in [0.29, 0.717) is 16.6 Å². The second-order valence-corrected chi connectivity index (χ2v) is 13.3. The molecular formula is C23H33O3Si. The van der Waals surface area contributed by atoms with Crippen molar-refractivity contribution in [1.82, 2.24) is 0 Å². The van der Waals surface area contributed by atoms with Crippen LogP contribution < -0.4 is 9.16 Å². The van der Waals surface area contributed by atoms with E-state index in [1.54, 1.807) is 7.11 Å². The lowest BCUT2D eigenvalue weighted by molar-refractivity contribution is 0.0511. The summed E-state index contributed by atoms with van der Waals surface area (Å²) < 4.78 is 17.1. The Hall–Kier alpha value is -1.78. The lowest BCUT2D eigenvalue weighted by Gasteiger charge is -2.42. The molecule has 0 saturated carbocycles. The molecule has 0 saturated heterocycles. The molecule has 3 nitrogen and oxygen atoms in total. The van der Waals surface area contributed by atoms with E-state index < -0.39 is 8.32 Å².